The van der Waals surface area contributed by atoms with Gasteiger partial charge < -0.3 is 10.6 Å². The molecule has 1 aromatic carbocycles. The van der Waals surface area contributed by atoms with Crippen molar-refractivity contribution in [1.29, 1.82) is 0 Å². The molecule has 1 heterocycles. The quantitative estimate of drug-likeness (QED) is 0.831. The molecule has 2 atom stereocenters. The van der Waals surface area contributed by atoms with Gasteiger partial charge in [-0.1, -0.05) is 24.3 Å². The predicted octanol–water partition coefficient (Wildman–Crippen LogP) is 1.28. The molecule has 0 aromatic heterocycles. The van der Waals surface area contributed by atoms with Gasteiger partial charge in [0, 0.05) is 19.1 Å². The molecule has 2 aliphatic rings. The second-order valence-corrected chi connectivity index (χ2v) is 5.02. The molecule has 0 saturated carbocycles. The van der Waals surface area contributed by atoms with E-state index in [0.717, 1.165) is 25.8 Å². The summed E-state index contributed by atoms with van der Waals surface area (Å²) >= 11 is 0. The Morgan fingerprint density at radius 3 is 3.00 bits per heavy atom. The van der Waals surface area contributed by atoms with E-state index in [0.29, 0.717) is 6.54 Å². The molecular formula is C14H18N2O. The topological polar surface area (TPSA) is 46.3 Å². The van der Waals surface area contributed by atoms with Crippen LogP contribution in [0.2, 0.25) is 0 Å². The maximum Gasteiger partial charge on any atom is 0.230 e. The van der Waals surface area contributed by atoms with Crippen molar-refractivity contribution in [3.63, 3.8) is 0 Å². The van der Waals surface area contributed by atoms with E-state index in [1.165, 1.54) is 11.1 Å². The fraction of sp³-hybridized carbons (Fsp3) is 0.500. The number of likely N-dealkylation sites (tertiary alicyclic amines) is 1. The van der Waals surface area contributed by atoms with Gasteiger partial charge in [-0.15, -0.1) is 0 Å². The predicted molar refractivity (Wildman–Crippen MR) is 66.7 cm³/mol. The first-order valence-electron chi connectivity index (χ1n) is 6.39. The highest BCUT2D eigenvalue weighted by atomic mass is 16.2. The number of hydrogen-bond acceptors (Lipinski definition) is 2. The van der Waals surface area contributed by atoms with Gasteiger partial charge in [0.1, 0.15) is 0 Å². The first kappa shape index (κ1) is 10.8. The minimum absolute atomic E-state index is 0.0957. The number of rotatable bonds is 2. The van der Waals surface area contributed by atoms with Crippen LogP contribution in [-0.4, -0.2) is 29.9 Å². The zero-order valence-electron chi connectivity index (χ0n) is 9.93. The van der Waals surface area contributed by atoms with Gasteiger partial charge in [0.05, 0.1) is 5.92 Å². The molecule has 2 N–H and O–H groups in total. The molecule has 3 nitrogen and oxygen atoms in total. The molecule has 1 aromatic rings. The number of amides is 1. The highest BCUT2D eigenvalue weighted by Gasteiger charge is 2.38. The van der Waals surface area contributed by atoms with Crippen LogP contribution in [0.15, 0.2) is 24.3 Å². The third-order valence-corrected chi connectivity index (χ3v) is 4.08. The van der Waals surface area contributed by atoms with Crippen LogP contribution in [-0.2, 0) is 11.2 Å². The number of benzene rings is 1. The minimum Gasteiger partial charge on any atom is -0.338 e. The molecule has 1 aliphatic carbocycles. The number of nitrogens with two attached hydrogens (primary N) is 1. The largest absolute Gasteiger partial charge is 0.338 e. The smallest absolute Gasteiger partial charge is 0.230 e. The minimum atomic E-state index is 0.0957. The second kappa shape index (κ2) is 4.15. The van der Waals surface area contributed by atoms with E-state index < -0.39 is 0 Å². The molecule has 0 bridgehead atoms. The summed E-state index contributed by atoms with van der Waals surface area (Å²) in [7, 11) is 0. The molecule has 3 rings (SSSR count). The van der Waals surface area contributed by atoms with E-state index in [1.807, 2.05) is 17.0 Å². The zero-order chi connectivity index (χ0) is 11.8. The summed E-state index contributed by atoms with van der Waals surface area (Å²) in [5, 5.41) is 0. The van der Waals surface area contributed by atoms with Gasteiger partial charge in [-0.2, -0.15) is 0 Å². The Kier molecular flexibility index (Phi) is 2.63. The van der Waals surface area contributed by atoms with Crippen LogP contribution >= 0.6 is 0 Å². The molecule has 1 saturated heterocycles. The zero-order valence-corrected chi connectivity index (χ0v) is 9.93. The van der Waals surface area contributed by atoms with E-state index in [4.69, 9.17) is 5.73 Å². The van der Waals surface area contributed by atoms with Gasteiger partial charge in [-0.25, -0.2) is 0 Å². The summed E-state index contributed by atoms with van der Waals surface area (Å²) in [6.07, 6.45) is 3.07. The molecule has 2 unspecified atom stereocenters. The van der Waals surface area contributed by atoms with E-state index >= 15 is 0 Å². The molecule has 1 fully saturated rings. The van der Waals surface area contributed by atoms with Gasteiger partial charge in [0.25, 0.3) is 0 Å². The van der Waals surface area contributed by atoms with Crippen molar-refractivity contribution in [2.24, 2.45) is 5.73 Å². The lowest BCUT2D eigenvalue weighted by atomic mass is 9.77. The molecule has 90 valence electrons. The van der Waals surface area contributed by atoms with Gasteiger partial charge in [0.2, 0.25) is 5.91 Å². The fourth-order valence-electron chi connectivity index (χ4n) is 3.05. The molecule has 0 radical (unpaired) electrons. The monoisotopic (exact) mass is 230 g/mol. The second-order valence-electron chi connectivity index (χ2n) is 5.02. The van der Waals surface area contributed by atoms with E-state index in [1.54, 1.807) is 0 Å². The summed E-state index contributed by atoms with van der Waals surface area (Å²) in [4.78, 5) is 14.4. The van der Waals surface area contributed by atoms with Crippen LogP contribution in [0.25, 0.3) is 0 Å². The Balaban J connectivity index is 1.77. The first-order valence-corrected chi connectivity index (χ1v) is 6.39. The van der Waals surface area contributed by atoms with Crippen LogP contribution in [0.5, 0.6) is 0 Å². The average molecular weight is 230 g/mol. The maximum atomic E-state index is 12.4. The molecule has 1 amide bonds. The van der Waals surface area contributed by atoms with Gasteiger partial charge in [0.15, 0.2) is 0 Å². The Morgan fingerprint density at radius 2 is 2.24 bits per heavy atom. The van der Waals surface area contributed by atoms with Crippen molar-refractivity contribution >= 4 is 5.91 Å². The third kappa shape index (κ3) is 1.65. The molecular weight excluding hydrogens is 212 g/mol. The normalized spacial score (nSPS) is 26.5. The highest BCUT2D eigenvalue weighted by molar-refractivity contribution is 5.87. The van der Waals surface area contributed by atoms with Crippen LogP contribution in [0, 0.1) is 0 Å². The summed E-state index contributed by atoms with van der Waals surface area (Å²) in [5.41, 5.74) is 8.27. The molecule has 17 heavy (non-hydrogen) atoms. The van der Waals surface area contributed by atoms with Crippen molar-refractivity contribution in [2.45, 2.75) is 31.2 Å². The summed E-state index contributed by atoms with van der Waals surface area (Å²) in [6.45, 7) is 1.49. The Hall–Kier alpha value is -1.35. The maximum absolute atomic E-state index is 12.4. The van der Waals surface area contributed by atoms with Crippen molar-refractivity contribution in [1.82, 2.24) is 4.90 Å². The van der Waals surface area contributed by atoms with Crippen molar-refractivity contribution in [3.05, 3.63) is 35.4 Å². The molecule has 3 heteroatoms. The number of fused-ring (bicyclic) bond motifs is 1. The standard InChI is InChI=1S/C14H18N2O/c15-9-11-5-3-7-16(11)14(17)13-8-10-4-1-2-6-12(10)13/h1-2,4,6,11,13H,3,5,7-9,15H2. The van der Waals surface area contributed by atoms with Gasteiger partial charge in [-0.05, 0) is 30.4 Å². The lowest BCUT2D eigenvalue weighted by Gasteiger charge is -2.34. The Labute approximate surface area is 102 Å². The number of carbonyl (C=O) groups is 1. The third-order valence-electron chi connectivity index (χ3n) is 4.08. The van der Waals surface area contributed by atoms with Crippen molar-refractivity contribution in [2.75, 3.05) is 13.1 Å². The fourth-order valence-corrected chi connectivity index (χ4v) is 3.05. The number of hydrogen-bond donors (Lipinski definition) is 1. The van der Waals surface area contributed by atoms with E-state index in [9.17, 15) is 4.79 Å². The number of carbonyl (C=O) groups excluding carboxylic acids is 1. The Bertz CT molecular complexity index is 444. The number of nitrogens with zero attached hydrogens (tertiary/aromatic N) is 1. The van der Waals surface area contributed by atoms with Crippen LogP contribution in [0.3, 0.4) is 0 Å². The van der Waals surface area contributed by atoms with Crippen molar-refractivity contribution in [3.8, 4) is 0 Å². The van der Waals surface area contributed by atoms with Gasteiger partial charge in [-0.3, -0.25) is 4.79 Å². The Morgan fingerprint density at radius 1 is 1.41 bits per heavy atom. The summed E-state index contributed by atoms with van der Waals surface area (Å²) in [6, 6.07) is 8.52. The van der Waals surface area contributed by atoms with Crippen LogP contribution in [0.4, 0.5) is 0 Å². The van der Waals surface area contributed by atoms with E-state index in [-0.39, 0.29) is 17.9 Å². The lowest BCUT2D eigenvalue weighted by molar-refractivity contribution is -0.134. The lowest BCUT2D eigenvalue weighted by Crippen LogP contribution is -2.44. The van der Waals surface area contributed by atoms with Crippen LogP contribution < -0.4 is 5.73 Å². The summed E-state index contributed by atoms with van der Waals surface area (Å²) in [5.74, 6) is 0.384. The average Bonchev–Trinajstić information content (AvgIpc) is 2.78. The van der Waals surface area contributed by atoms with Gasteiger partial charge >= 0.3 is 0 Å². The van der Waals surface area contributed by atoms with Crippen LogP contribution in [0.1, 0.15) is 29.9 Å². The first-order chi connectivity index (χ1) is 8.31. The SMILES string of the molecule is NCC1CCCN1C(=O)C1Cc2ccccc21. The van der Waals surface area contributed by atoms with E-state index in [2.05, 4.69) is 12.1 Å². The molecule has 1 aliphatic heterocycles. The molecule has 0 spiro atoms. The highest BCUT2D eigenvalue weighted by Crippen LogP contribution is 2.37. The van der Waals surface area contributed by atoms with Crippen molar-refractivity contribution < 1.29 is 4.79 Å². The summed E-state index contributed by atoms with van der Waals surface area (Å²) < 4.78 is 0.